The number of pyridine rings is 1. The van der Waals surface area contributed by atoms with Gasteiger partial charge < -0.3 is 15.4 Å². The van der Waals surface area contributed by atoms with Crippen LogP contribution in [0.15, 0.2) is 24.5 Å². The van der Waals surface area contributed by atoms with E-state index >= 15 is 0 Å². The molecule has 20 heavy (non-hydrogen) atoms. The normalized spacial score (nSPS) is 17.6. The Hall–Kier alpha value is -1.46. The molecule has 0 radical (unpaired) electrons. The second-order valence-electron chi connectivity index (χ2n) is 5.15. The number of ether oxygens (including phenoxy) is 1. The van der Waals surface area contributed by atoms with Crippen molar-refractivity contribution >= 4 is 5.91 Å². The fourth-order valence-electron chi connectivity index (χ4n) is 2.31. The molecule has 1 aromatic rings. The highest BCUT2D eigenvalue weighted by molar-refractivity contribution is 5.76. The van der Waals surface area contributed by atoms with E-state index in [9.17, 15) is 4.79 Å². The maximum Gasteiger partial charge on any atom is 0.222 e. The Kier molecular flexibility index (Phi) is 5.95. The Bertz CT molecular complexity index is 405. The van der Waals surface area contributed by atoms with Gasteiger partial charge in [0.05, 0.1) is 18.8 Å². The maximum absolute atomic E-state index is 11.8. The Morgan fingerprint density at radius 2 is 2.35 bits per heavy atom. The number of carbonyl (C=O) groups is 1. The summed E-state index contributed by atoms with van der Waals surface area (Å²) in [5.41, 5.74) is 1.01. The molecule has 1 fully saturated rings. The third kappa shape index (κ3) is 4.90. The van der Waals surface area contributed by atoms with Gasteiger partial charge in [0.2, 0.25) is 5.91 Å². The van der Waals surface area contributed by atoms with Crippen molar-refractivity contribution in [3.05, 3.63) is 30.1 Å². The summed E-state index contributed by atoms with van der Waals surface area (Å²) in [6.07, 6.45) is 6.29. The highest BCUT2D eigenvalue weighted by atomic mass is 16.5. The van der Waals surface area contributed by atoms with Crippen molar-refractivity contribution < 1.29 is 9.53 Å². The third-order valence-corrected chi connectivity index (χ3v) is 3.53. The Balaban J connectivity index is 1.65. The largest absolute Gasteiger partial charge is 0.378 e. The van der Waals surface area contributed by atoms with E-state index in [0.29, 0.717) is 19.1 Å². The van der Waals surface area contributed by atoms with Crippen molar-refractivity contribution in [2.24, 2.45) is 0 Å². The first-order valence-electron chi connectivity index (χ1n) is 7.27. The van der Waals surface area contributed by atoms with Crippen LogP contribution in [-0.4, -0.2) is 36.7 Å². The van der Waals surface area contributed by atoms with Gasteiger partial charge in [-0.15, -0.1) is 0 Å². The number of nitrogens with one attached hydrogen (secondary N) is 2. The monoisotopic (exact) mass is 277 g/mol. The summed E-state index contributed by atoms with van der Waals surface area (Å²) in [5.74, 6) is 0.0234. The quantitative estimate of drug-likeness (QED) is 0.825. The second kappa shape index (κ2) is 7.97. The van der Waals surface area contributed by atoms with Crippen molar-refractivity contribution in [1.29, 1.82) is 0 Å². The van der Waals surface area contributed by atoms with Crippen molar-refractivity contribution in [3.63, 3.8) is 0 Å². The van der Waals surface area contributed by atoms with Gasteiger partial charge in [0.25, 0.3) is 0 Å². The molecule has 1 aliphatic heterocycles. The molecule has 5 heteroatoms. The topological polar surface area (TPSA) is 63.2 Å². The molecule has 110 valence electrons. The van der Waals surface area contributed by atoms with Crippen LogP contribution in [0, 0.1) is 0 Å². The van der Waals surface area contributed by atoms with Crippen LogP contribution >= 0.6 is 0 Å². The molecule has 1 aliphatic rings. The van der Waals surface area contributed by atoms with Crippen LogP contribution in [0.1, 0.15) is 37.8 Å². The van der Waals surface area contributed by atoms with E-state index in [0.717, 1.165) is 31.5 Å². The average Bonchev–Trinajstić information content (AvgIpc) is 2.49. The smallest absolute Gasteiger partial charge is 0.222 e. The van der Waals surface area contributed by atoms with Crippen LogP contribution in [-0.2, 0) is 9.53 Å². The molecular weight excluding hydrogens is 254 g/mol. The Morgan fingerprint density at radius 3 is 3.05 bits per heavy atom. The average molecular weight is 277 g/mol. The zero-order valence-corrected chi connectivity index (χ0v) is 12.0. The fraction of sp³-hybridized carbons (Fsp3) is 0.600. The van der Waals surface area contributed by atoms with Crippen molar-refractivity contribution in [2.45, 2.75) is 38.3 Å². The molecule has 0 aliphatic carbocycles. The van der Waals surface area contributed by atoms with E-state index in [2.05, 4.69) is 15.6 Å². The summed E-state index contributed by atoms with van der Waals surface area (Å²) in [4.78, 5) is 15.9. The van der Waals surface area contributed by atoms with E-state index in [1.165, 1.54) is 0 Å². The standard InChI is InChI=1S/C15H23N3O2/c1-12(13-3-2-7-17-11-13)18-15(19)6-10-20-14-4-8-16-9-5-14/h2-3,7,11-12,14,16H,4-6,8-10H2,1H3,(H,18,19)/t12-/m1/s1. The number of hydrogen-bond acceptors (Lipinski definition) is 4. The Morgan fingerprint density at radius 1 is 1.55 bits per heavy atom. The predicted molar refractivity (Wildman–Crippen MR) is 77.3 cm³/mol. The first-order valence-corrected chi connectivity index (χ1v) is 7.27. The molecule has 0 unspecified atom stereocenters. The summed E-state index contributed by atoms with van der Waals surface area (Å²) in [5, 5.41) is 6.26. The summed E-state index contributed by atoms with van der Waals surface area (Å²) >= 11 is 0. The number of nitrogens with zero attached hydrogens (tertiary/aromatic N) is 1. The third-order valence-electron chi connectivity index (χ3n) is 3.53. The highest BCUT2D eigenvalue weighted by Gasteiger charge is 2.14. The first-order chi connectivity index (χ1) is 9.75. The molecule has 2 heterocycles. The number of amides is 1. The summed E-state index contributed by atoms with van der Waals surface area (Å²) in [7, 11) is 0. The molecule has 1 amide bonds. The minimum absolute atomic E-state index is 0.0184. The number of hydrogen-bond donors (Lipinski definition) is 2. The van der Waals surface area contributed by atoms with Gasteiger partial charge in [0, 0.05) is 18.8 Å². The lowest BCUT2D eigenvalue weighted by Crippen LogP contribution is -2.33. The Labute approximate surface area is 120 Å². The van der Waals surface area contributed by atoms with Crippen LogP contribution in [0.4, 0.5) is 0 Å². The molecule has 1 saturated heterocycles. The van der Waals surface area contributed by atoms with Crippen LogP contribution in [0.3, 0.4) is 0 Å². The number of carbonyl (C=O) groups excluding carboxylic acids is 1. The van der Waals surface area contributed by atoms with Gasteiger partial charge in [-0.1, -0.05) is 6.07 Å². The van der Waals surface area contributed by atoms with Crippen LogP contribution < -0.4 is 10.6 Å². The molecule has 1 atom stereocenters. The SMILES string of the molecule is C[C@@H](NC(=O)CCOC1CCNCC1)c1cccnc1. The van der Waals surface area contributed by atoms with Crippen molar-refractivity contribution in [1.82, 2.24) is 15.6 Å². The van der Waals surface area contributed by atoms with E-state index in [-0.39, 0.29) is 11.9 Å². The van der Waals surface area contributed by atoms with Crippen LogP contribution in [0.2, 0.25) is 0 Å². The summed E-state index contributed by atoms with van der Waals surface area (Å²) < 4.78 is 5.73. The maximum atomic E-state index is 11.8. The predicted octanol–water partition coefficient (Wildman–Crippen LogP) is 1.42. The number of rotatable bonds is 6. The van der Waals surface area contributed by atoms with Gasteiger partial charge >= 0.3 is 0 Å². The molecule has 0 bridgehead atoms. The summed E-state index contributed by atoms with van der Waals surface area (Å²) in [6, 6.07) is 3.82. The van der Waals surface area contributed by atoms with Crippen molar-refractivity contribution in [3.8, 4) is 0 Å². The van der Waals surface area contributed by atoms with E-state index in [1.807, 2.05) is 19.1 Å². The van der Waals surface area contributed by atoms with E-state index < -0.39 is 0 Å². The molecule has 0 saturated carbocycles. The van der Waals surface area contributed by atoms with Gasteiger partial charge in [-0.3, -0.25) is 9.78 Å². The number of piperidine rings is 1. The zero-order valence-electron chi connectivity index (χ0n) is 12.0. The molecule has 5 nitrogen and oxygen atoms in total. The molecule has 0 aromatic carbocycles. The minimum atomic E-state index is -0.0184. The lowest BCUT2D eigenvalue weighted by atomic mass is 10.1. The highest BCUT2D eigenvalue weighted by Crippen LogP contribution is 2.10. The van der Waals surface area contributed by atoms with Gasteiger partial charge in [-0.05, 0) is 44.5 Å². The molecule has 0 spiro atoms. The lowest BCUT2D eigenvalue weighted by molar-refractivity contribution is -0.123. The van der Waals surface area contributed by atoms with E-state index in [4.69, 9.17) is 4.74 Å². The zero-order chi connectivity index (χ0) is 14.2. The van der Waals surface area contributed by atoms with Gasteiger partial charge in [0.15, 0.2) is 0 Å². The molecular formula is C15H23N3O2. The molecule has 2 N–H and O–H groups in total. The molecule has 2 rings (SSSR count). The fourth-order valence-corrected chi connectivity index (χ4v) is 2.31. The van der Waals surface area contributed by atoms with Gasteiger partial charge in [-0.25, -0.2) is 0 Å². The molecule has 1 aromatic heterocycles. The number of aromatic nitrogens is 1. The minimum Gasteiger partial charge on any atom is -0.378 e. The van der Waals surface area contributed by atoms with E-state index in [1.54, 1.807) is 12.4 Å². The van der Waals surface area contributed by atoms with Gasteiger partial charge in [0.1, 0.15) is 0 Å². The summed E-state index contributed by atoms with van der Waals surface area (Å²) in [6.45, 7) is 4.47. The first kappa shape index (κ1) is 14.9. The van der Waals surface area contributed by atoms with Crippen LogP contribution in [0.25, 0.3) is 0 Å². The van der Waals surface area contributed by atoms with Gasteiger partial charge in [-0.2, -0.15) is 0 Å². The van der Waals surface area contributed by atoms with Crippen molar-refractivity contribution in [2.75, 3.05) is 19.7 Å². The second-order valence-corrected chi connectivity index (χ2v) is 5.15. The lowest BCUT2D eigenvalue weighted by Gasteiger charge is -2.23. The van der Waals surface area contributed by atoms with Crippen LogP contribution in [0.5, 0.6) is 0 Å².